The number of carbonyl (C=O) groups is 5. The lowest BCUT2D eigenvalue weighted by atomic mass is 9.92. The lowest BCUT2D eigenvalue weighted by molar-refractivity contribution is 0.0217. The van der Waals surface area contributed by atoms with Gasteiger partial charge in [0.2, 0.25) is 0 Å². The van der Waals surface area contributed by atoms with Crippen molar-refractivity contribution in [2.24, 2.45) is 11.8 Å². The maximum atomic E-state index is 13.7. The fourth-order valence-electron chi connectivity index (χ4n) is 8.64. The molecule has 17 nitrogen and oxygen atoms in total. The first kappa shape index (κ1) is 56.1. The number of hydrogen-bond donors (Lipinski definition) is 4. The van der Waals surface area contributed by atoms with Crippen molar-refractivity contribution in [3.8, 4) is 34.5 Å². The van der Waals surface area contributed by atoms with Crippen molar-refractivity contribution in [2.75, 3.05) is 39.3 Å². The summed E-state index contributed by atoms with van der Waals surface area (Å²) < 4.78 is 28.5. The molecule has 0 aliphatic carbocycles. The minimum Gasteiger partial charge on any atom is -0.508 e. The van der Waals surface area contributed by atoms with Crippen LogP contribution in [0.2, 0.25) is 0 Å². The van der Waals surface area contributed by atoms with E-state index in [1.165, 1.54) is 24.3 Å². The first-order valence-corrected chi connectivity index (χ1v) is 25.5. The van der Waals surface area contributed by atoms with Crippen molar-refractivity contribution in [3.63, 3.8) is 0 Å². The van der Waals surface area contributed by atoms with Crippen molar-refractivity contribution in [1.29, 1.82) is 0 Å². The van der Waals surface area contributed by atoms with Crippen LogP contribution in [-0.2, 0) is 27.3 Å². The van der Waals surface area contributed by atoms with Gasteiger partial charge in [0, 0.05) is 75.6 Å². The molecule has 5 amide bonds. The molecule has 0 radical (unpaired) electrons. The van der Waals surface area contributed by atoms with E-state index in [1.54, 1.807) is 92.6 Å². The molecule has 0 spiro atoms. The summed E-state index contributed by atoms with van der Waals surface area (Å²) in [4.78, 5) is 70.4. The van der Waals surface area contributed by atoms with Gasteiger partial charge in [-0.05, 0) is 172 Å². The number of piperidine rings is 2. The van der Waals surface area contributed by atoms with Crippen molar-refractivity contribution >= 4 is 30.1 Å². The van der Waals surface area contributed by atoms with E-state index in [1.807, 2.05) is 45.0 Å². The van der Waals surface area contributed by atoms with Gasteiger partial charge in [0.25, 0.3) is 11.8 Å². The molecule has 4 aromatic carbocycles. The normalized spacial score (nSPS) is 14.7. The van der Waals surface area contributed by atoms with Gasteiger partial charge in [-0.25, -0.2) is 14.4 Å². The van der Waals surface area contributed by atoms with E-state index in [-0.39, 0.29) is 54.3 Å². The summed E-state index contributed by atoms with van der Waals surface area (Å²) in [7, 11) is 0. The van der Waals surface area contributed by atoms with Crippen molar-refractivity contribution in [1.82, 2.24) is 25.3 Å². The monoisotopic (exact) mass is 1020 g/mol. The fraction of sp³-hybridized carbons (Fsp3) is 0.491. The molecule has 2 heterocycles. The lowest BCUT2D eigenvalue weighted by Gasteiger charge is -2.35. The van der Waals surface area contributed by atoms with Crippen LogP contribution in [0.4, 0.5) is 14.4 Å². The number of carbonyl (C=O) groups excluding carboxylic acids is 5. The van der Waals surface area contributed by atoms with E-state index in [0.29, 0.717) is 73.4 Å². The second-order valence-electron chi connectivity index (χ2n) is 22.1. The van der Waals surface area contributed by atoms with Gasteiger partial charge in [-0.2, -0.15) is 0 Å². The molecule has 0 saturated carbocycles. The second-order valence-corrected chi connectivity index (χ2v) is 22.1. The van der Waals surface area contributed by atoms with E-state index in [2.05, 4.69) is 10.6 Å². The molecule has 74 heavy (non-hydrogen) atoms. The molecule has 0 bridgehead atoms. The van der Waals surface area contributed by atoms with Gasteiger partial charge in [0.15, 0.2) is 0 Å². The number of nitrogens with one attached hydrogen (secondary N) is 2. The minimum atomic E-state index is -0.667. The Labute approximate surface area is 435 Å². The Morgan fingerprint density at radius 3 is 1.20 bits per heavy atom. The van der Waals surface area contributed by atoms with E-state index in [9.17, 15) is 34.2 Å². The largest absolute Gasteiger partial charge is 0.508 e. The van der Waals surface area contributed by atoms with Crippen LogP contribution in [0.5, 0.6) is 34.5 Å². The van der Waals surface area contributed by atoms with Crippen LogP contribution in [0.25, 0.3) is 0 Å². The molecule has 17 heteroatoms. The van der Waals surface area contributed by atoms with Crippen molar-refractivity contribution in [2.45, 2.75) is 131 Å². The van der Waals surface area contributed by atoms with Gasteiger partial charge in [-0.15, -0.1) is 0 Å². The minimum absolute atomic E-state index is 0.0947. The van der Waals surface area contributed by atoms with Crippen LogP contribution in [0, 0.1) is 11.8 Å². The SMILES string of the molecule is CC(C)(C)OC(=O)NCc1ccc(Oc2cc(O)cc(C(=O)N3CCC(CCN(CCC4CCN(C(=O)c5cc(O)cc(Oc6ccc(CNC(=O)OC(C)(C)C)cc6)c5)CC4)C(=O)OC(C)(C)C)CC3)c2)cc1. The average Bonchev–Trinajstić information content (AvgIpc) is 3.31. The molecule has 0 aromatic heterocycles. The zero-order valence-corrected chi connectivity index (χ0v) is 44.5. The van der Waals surface area contributed by atoms with Crippen LogP contribution in [-0.4, -0.2) is 111 Å². The number of aromatic hydroxyl groups is 2. The standard InChI is InChI=1S/C57H75N5O12/c1-55(2,3)72-52(67)58-36-40-10-14-46(15-11-40)70-48-32-42(30-44(63)34-48)50(65)60-24-18-38(19-25-60)22-28-62(54(69)74-57(7,8)9)29-23-39-20-26-61(27-21-39)51(66)43-31-45(64)35-49(33-43)71-47-16-12-41(13-17-47)37-59-53(68)73-56(4,5)6/h10-17,30-35,38-39,63-64H,18-29,36-37H2,1-9H3,(H,58,67)(H,59,68). The van der Waals surface area contributed by atoms with Gasteiger partial charge in [-0.3, -0.25) is 9.59 Å². The highest BCUT2D eigenvalue weighted by molar-refractivity contribution is 5.96. The van der Waals surface area contributed by atoms with Gasteiger partial charge in [0.1, 0.15) is 51.3 Å². The number of alkyl carbamates (subject to hydrolysis) is 2. The van der Waals surface area contributed by atoms with Crippen LogP contribution in [0.1, 0.15) is 133 Å². The first-order chi connectivity index (χ1) is 34.8. The Bertz CT molecular complexity index is 2390. The predicted molar refractivity (Wildman–Crippen MR) is 280 cm³/mol. The quantitative estimate of drug-likeness (QED) is 0.0774. The highest BCUT2D eigenvalue weighted by Gasteiger charge is 2.30. The van der Waals surface area contributed by atoms with Crippen LogP contribution in [0.3, 0.4) is 0 Å². The Morgan fingerprint density at radius 2 is 0.865 bits per heavy atom. The number of amides is 5. The van der Waals surface area contributed by atoms with E-state index >= 15 is 0 Å². The molecule has 2 aliphatic heterocycles. The third-order valence-corrected chi connectivity index (χ3v) is 12.3. The molecule has 0 atom stereocenters. The van der Waals surface area contributed by atoms with Crippen LogP contribution in [0.15, 0.2) is 84.9 Å². The average molecular weight is 1020 g/mol. The Kier molecular flexibility index (Phi) is 18.7. The number of ether oxygens (including phenoxy) is 5. The molecule has 2 aliphatic rings. The fourth-order valence-corrected chi connectivity index (χ4v) is 8.64. The molecule has 4 N–H and O–H groups in total. The van der Waals surface area contributed by atoms with Crippen molar-refractivity contribution < 1.29 is 57.9 Å². The molecule has 0 unspecified atom stereocenters. The summed E-state index contributed by atoms with van der Waals surface area (Å²) >= 11 is 0. The zero-order valence-electron chi connectivity index (χ0n) is 44.5. The summed E-state index contributed by atoms with van der Waals surface area (Å²) in [6, 6.07) is 23.2. The highest BCUT2D eigenvalue weighted by atomic mass is 16.6. The Morgan fingerprint density at radius 1 is 0.514 bits per heavy atom. The van der Waals surface area contributed by atoms with Gasteiger partial charge in [0.05, 0.1) is 0 Å². The lowest BCUT2D eigenvalue weighted by Crippen LogP contribution is -2.42. The summed E-state index contributed by atoms with van der Waals surface area (Å²) in [5, 5.41) is 26.6. The smallest absolute Gasteiger partial charge is 0.410 e. The number of hydrogen-bond acceptors (Lipinski definition) is 12. The summed E-state index contributed by atoms with van der Waals surface area (Å²) in [5.41, 5.74) is 0.438. The first-order valence-electron chi connectivity index (χ1n) is 25.5. The van der Waals surface area contributed by atoms with Crippen molar-refractivity contribution in [3.05, 3.63) is 107 Å². The number of phenols is 2. The number of likely N-dealkylation sites (tertiary alicyclic amines) is 2. The molecular weight excluding hydrogens is 947 g/mol. The highest BCUT2D eigenvalue weighted by Crippen LogP contribution is 2.32. The van der Waals surface area contributed by atoms with Gasteiger partial charge < -0.3 is 59.2 Å². The maximum absolute atomic E-state index is 13.7. The molecule has 4 aromatic rings. The maximum Gasteiger partial charge on any atom is 0.410 e. The van der Waals surface area contributed by atoms with E-state index in [4.69, 9.17) is 23.7 Å². The Hall–Kier alpha value is -7.17. The Balaban J connectivity index is 0.950. The van der Waals surface area contributed by atoms with E-state index in [0.717, 1.165) is 49.7 Å². The molecule has 400 valence electrons. The number of nitrogens with zero attached hydrogens (tertiary/aromatic N) is 3. The number of rotatable bonds is 16. The number of benzene rings is 4. The summed E-state index contributed by atoms with van der Waals surface area (Å²) in [6.07, 6.45) is 3.15. The zero-order chi connectivity index (χ0) is 53.8. The van der Waals surface area contributed by atoms with Crippen LogP contribution < -0.4 is 20.1 Å². The van der Waals surface area contributed by atoms with Gasteiger partial charge >= 0.3 is 18.3 Å². The predicted octanol–water partition coefficient (Wildman–Crippen LogP) is 11.2. The molecular formula is C57H75N5O12. The van der Waals surface area contributed by atoms with Crippen LogP contribution >= 0.6 is 0 Å². The second kappa shape index (κ2) is 24.7. The summed E-state index contributed by atoms with van der Waals surface area (Å²) in [5.74, 6) is 1.58. The van der Waals surface area contributed by atoms with E-state index < -0.39 is 29.0 Å². The summed E-state index contributed by atoms with van der Waals surface area (Å²) in [6.45, 7) is 20.0. The third kappa shape index (κ3) is 18.4. The number of phenolic OH excluding ortho intramolecular Hbond substituents is 2. The molecule has 2 fully saturated rings. The third-order valence-electron chi connectivity index (χ3n) is 12.3. The molecule has 6 rings (SSSR count). The molecule has 2 saturated heterocycles. The topological polar surface area (TPSA) is 206 Å². The van der Waals surface area contributed by atoms with Gasteiger partial charge in [-0.1, -0.05) is 24.3 Å².